The molecule has 1 atom stereocenters. The van der Waals surface area contributed by atoms with Crippen LogP contribution in [0.1, 0.15) is 27.7 Å². The molecule has 0 spiro atoms. The molecule has 31 heavy (non-hydrogen) atoms. The van der Waals surface area contributed by atoms with Gasteiger partial charge in [0.15, 0.2) is 16.7 Å². The van der Waals surface area contributed by atoms with E-state index in [1.54, 1.807) is 12.1 Å². The van der Waals surface area contributed by atoms with Gasteiger partial charge in [-0.05, 0) is 49.7 Å². The van der Waals surface area contributed by atoms with Gasteiger partial charge in [0.25, 0.3) is 5.78 Å². The highest BCUT2D eigenvalue weighted by Gasteiger charge is 2.48. The van der Waals surface area contributed by atoms with Crippen LogP contribution in [0, 0.1) is 19.7 Å². The Kier molecular flexibility index (Phi) is 5.28. The van der Waals surface area contributed by atoms with Crippen LogP contribution in [0.4, 0.5) is 9.52 Å². The molecule has 1 aliphatic rings. The summed E-state index contributed by atoms with van der Waals surface area (Å²) in [6, 6.07) is 6.19. The molecule has 1 aromatic carbocycles. The number of thiazole rings is 1. The minimum Gasteiger partial charge on any atom is -0.507 e. The third kappa shape index (κ3) is 3.46. The van der Waals surface area contributed by atoms with E-state index in [4.69, 9.17) is 4.74 Å². The summed E-state index contributed by atoms with van der Waals surface area (Å²) in [7, 11) is 1.32. The van der Waals surface area contributed by atoms with Crippen molar-refractivity contribution in [3.63, 3.8) is 0 Å². The number of aromatic nitrogens is 2. The Labute approximate surface area is 181 Å². The van der Waals surface area contributed by atoms with Crippen molar-refractivity contribution in [2.24, 2.45) is 0 Å². The van der Waals surface area contributed by atoms with Crippen molar-refractivity contribution in [1.29, 1.82) is 0 Å². The lowest BCUT2D eigenvalue weighted by atomic mass is 9.96. The highest BCUT2D eigenvalue weighted by Crippen LogP contribution is 2.43. The molecule has 0 saturated carbocycles. The first-order valence-electron chi connectivity index (χ1n) is 9.32. The number of carbonyl (C=O) groups excluding carboxylic acids is 2. The standard InChI is InChI=1S/C22H18FN3O4S/c1-11-12(2)31-22(25-11)26-18(13-6-8-24-9-7-13)17(20(28)21(26)29)19(27)14-4-5-16(30-3)15(23)10-14/h4-10,18,27H,1-3H3/b19-17+/t18-/m0/s1. The van der Waals surface area contributed by atoms with Crippen LogP contribution in [-0.4, -0.2) is 33.9 Å². The van der Waals surface area contributed by atoms with E-state index in [-0.39, 0.29) is 16.9 Å². The van der Waals surface area contributed by atoms with Crippen LogP contribution in [0.5, 0.6) is 5.75 Å². The molecule has 3 aromatic rings. The van der Waals surface area contributed by atoms with Crippen LogP contribution in [0.15, 0.2) is 48.3 Å². The number of hydrogen-bond donors (Lipinski definition) is 1. The number of amides is 1. The van der Waals surface area contributed by atoms with Crippen molar-refractivity contribution in [1.82, 2.24) is 9.97 Å². The molecule has 1 saturated heterocycles. The molecule has 3 heterocycles. The normalized spacial score (nSPS) is 17.9. The van der Waals surface area contributed by atoms with Gasteiger partial charge in [0.1, 0.15) is 5.76 Å². The maximum Gasteiger partial charge on any atom is 0.301 e. The third-order valence-electron chi connectivity index (χ3n) is 5.11. The predicted octanol–water partition coefficient (Wildman–Crippen LogP) is 3.93. The summed E-state index contributed by atoms with van der Waals surface area (Å²) in [6.07, 6.45) is 3.06. The first-order valence-corrected chi connectivity index (χ1v) is 10.1. The molecule has 1 fully saturated rings. The fourth-order valence-corrected chi connectivity index (χ4v) is 4.36. The van der Waals surface area contributed by atoms with E-state index >= 15 is 0 Å². The van der Waals surface area contributed by atoms with Gasteiger partial charge in [0.2, 0.25) is 0 Å². The number of pyridine rings is 1. The van der Waals surface area contributed by atoms with Gasteiger partial charge in [0, 0.05) is 22.8 Å². The largest absolute Gasteiger partial charge is 0.507 e. The summed E-state index contributed by atoms with van der Waals surface area (Å²) in [5, 5.41) is 11.3. The highest BCUT2D eigenvalue weighted by atomic mass is 32.1. The molecule has 158 valence electrons. The second-order valence-electron chi connectivity index (χ2n) is 6.94. The minimum atomic E-state index is -0.932. The number of rotatable bonds is 4. The molecule has 1 amide bonds. The Morgan fingerprint density at radius 1 is 1.19 bits per heavy atom. The summed E-state index contributed by atoms with van der Waals surface area (Å²) in [5.74, 6) is -2.87. The van der Waals surface area contributed by atoms with Crippen LogP contribution >= 0.6 is 11.3 Å². The third-order valence-corrected chi connectivity index (χ3v) is 6.19. The van der Waals surface area contributed by atoms with E-state index in [9.17, 15) is 19.1 Å². The molecule has 0 bridgehead atoms. The lowest BCUT2D eigenvalue weighted by Crippen LogP contribution is -2.29. The Bertz CT molecular complexity index is 1200. The number of Topliss-reactive ketones (excluding diaryl/α,β-unsaturated/α-hetero) is 1. The van der Waals surface area contributed by atoms with E-state index in [0.717, 1.165) is 16.6 Å². The molecule has 1 N–H and O–H groups in total. The van der Waals surface area contributed by atoms with Crippen molar-refractivity contribution in [2.45, 2.75) is 19.9 Å². The molecule has 0 aliphatic carbocycles. The van der Waals surface area contributed by atoms with Crippen molar-refractivity contribution in [3.05, 3.63) is 75.8 Å². The van der Waals surface area contributed by atoms with Crippen molar-refractivity contribution in [2.75, 3.05) is 12.0 Å². The lowest BCUT2D eigenvalue weighted by Gasteiger charge is -2.22. The zero-order valence-corrected chi connectivity index (χ0v) is 17.7. The Morgan fingerprint density at radius 2 is 1.90 bits per heavy atom. The maximum absolute atomic E-state index is 14.2. The fraction of sp³-hybridized carbons (Fsp3) is 0.182. The fourth-order valence-electron chi connectivity index (χ4n) is 3.42. The lowest BCUT2D eigenvalue weighted by molar-refractivity contribution is -0.132. The maximum atomic E-state index is 14.2. The van der Waals surface area contributed by atoms with Gasteiger partial charge in [-0.2, -0.15) is 0 Å². The number of benzene rings is 1. The first kappa shape index (κ1) is 20.7. The van der Waals surface area contributed by atoms with Gasteiger partial charge in [-0.15, -0.1) is 11.3 Å². The molecule has 0 unspecified atom stereocenters. The molecule has 9 heteroatoms. The predicted molar refractivity (Wildman–Crippen MR) is 114 cm³/mol. The van der Waals surface area contributed by atoms with Crippen LogP contribution in [0.2, 0.25) is 0 Å². The number of halogens is 1. The molecule has 7 nitrogen and oxygen atoms in total. The smallest absolute Gasteiger partial charge is 0.301 e. The van der Waals surface area contributed by atoms with E-state index < -0.39 is 29.3 Å². The quantitative estimate of drug-likeness (QED) is 0.376. The number of nitrogens with zero attached hydrogens (tertiary/aromatic N) is 3. The zero-order chi connectivity index (χ0) is 22.3. The highest BCUT2D eigenvalue weighted by molar-refractivity contribution is 7.16. The van der Waals surface area contributed by atoms with E-state index in [1.807, 2.05) is 13.8 Å². The number of carbonyl (C=O) groups is 2. The van der Waals surface area contributed by atoms with Gasteiger partial charge in [-0.1, -0.05) is 0 Å². The summed E-state index contributed by atoms with van der Waals surface area (Å²) in [6.45, 7) is 3.68. The summed E-state index contributed by atoms with van der Waals surface area (Å²) in [5.41, 5.74) is 1.22. The van der Waals surface area contributed by atoms with Gasteiger partial charge in [-0.25, -0.2) is 9.37 Å². The minimum absolute atomic E-state index is 0.00331. The van der Waals surface area contributed by atoms with Gasteiger partial charge in [-0.3, -0.25) is 19.5 Å². The Morgan fingerprint density at radius 3 is 2.48 bits per heavy atom. The van der Waals surface area contributed by atoms with Crippen molar-refractivity contribution in [3.8, 4) is 5.75 Å². The Balaban J connectivity index is 1.93. The zero-order valence-electron chi connectivity index (χ0n) is 16.9. The second-order valence-corrected chi connectivity index (χ2v) is 8.12. The van der Waals surface area contributed by atoms with E-state index in [2.05, 4.69) is 9.97 Å². The molecular formula is C22H18FN3O4S. The molecule has 4 rings (SSSR count). The summed E-state index contributed by atoms with van der Waals surface area (Å²) in [4.78, 5) is 36.6. The number of ketones is 1. The number of anilines is 1. The Hall–Kier alpha value is -3.59. The van der Waals surface area contributed by atoms with Gasteiger partial charge >= 0.3 is 5.91 Å². The van der Waals surface area contributed by atoms with Crippen LogP contribution < -0.4 is 9.64 Å². The van der Waals surface area contributed by atoms with E-state index in [1.165, 1.54) is 47.9 Å². The van der Waals surface area contributed by atoms with Crippen molar-refractivity contribution < 1.29 is 23.8 Å². The van der Waals surface area contributed by atoms with E-state index in [0.29, 0.717) is 10.7 Å². The average molecular weight is 439 g/mol. The number of methoxy groups -OCH3 is 1. The monoisotopic (exact) mass is 439 g/mol. The SMILES string of the molecule is COc1ccc(/C(O)=C2\C(=O)C(=O)N(c3nc(C)c(C)s3)[C@H]2c2ccncc2)cc1F. The number of hydrogen-bond acceptors (Lipinski definition) is 7. The van der Waals surface area contributed by atoms with Crippen LogP contribution in [-0.2, 0) is 9.59 Å². The molecule has 2 aromatic heterocycles. The van der Waals surface area contributed by atoms with Gasteiger partial charge < -0.3 is 9.84 Å². The number of aliphatic hydroxyl groups excluding tert-OH is 1. The molecule has 0 radical (unpaired) electrons. The number of aliphatic hydroxyl groups is 1. The van der Waals surface area contributed by atoms with Crippen molar-refractivity contribution >= 4 is 33.9 Å². The average Bonchev–Trinajstić information content (AvgIpc) is 3.23. The first-order chi connectivity index (χ1) is 14.8. The molecule has 1 aliphatic heterocycles. The molecular weight excluding hydrogens is 421 g/mol. The summed E-state index contributed by atoms with van der Waals surface area (Å²) < 4.78 is 19.1. The van der Waals surface area contributed by atoms with Crippen LogP contribution in [0.25, 0.3) is 5.76 Å². The topological polar surface area (TPSA) is 92.6 Å². The number of ether oxygens (including phenoxy) is 1. The summed E-state index contributed by atoms with van der Waals surface area (Å²) >= 11 is 1.28. The van der Waals surface area contributed by atoms with Crippen LogP contribution in [0.3, 0.4) is 0 Å². The van der Waals surface area contributed by atoms with Gasteiger partial charge in [0.05, 0.1) is 24.4 Å². The number of aryl methyl sites for hydroxylation is 2. The second kappa shape index (κ2) is 7.92.